The Labute approximate surface area is 112 Å². The third kappa shape index (κ3) is 3.79. The standard InChI is InChI=1S/C14H18N2O3/c15-13(17)10-16(9-11-5-2-1-3-6-11)14(18)12-7-4-8-19-12/h1-3,5-6,12H,4,7-10H2,(H2,15,17)/t12-/m0/s1. The normalized spacial score (nSPS) is 18.2. The molecular weight excluding hydrogens is 244 g/mol. The minimum Gasteiger partial charge on any atom is -0.368 e. The third-order valence-corrected chi connectivity index (χ3v) is 3.08. The van der Waals surface area contributed by atoms with E-state index in [1.807, 2.05) is 30.3 Å². The first-order chi connectivity index (χ1) is 9.16. The second kappa shape index (κ2) is 6.33. The van der Waals surface area contributed by atoms with Crippen molar-refractivity contribution in [2.24, 2.45) is 5.73 Å². The van der Waals surface area contributed by atoms with E-state index in [9.17, 15) is 9.59 Å². The maximum absolute atomic E-state index is 12.3. The van der Waals surface area contributed by atoms with Crippen molar-refractivity contribution in [3.63, 3.8) is 0 Å². The van der Waals surface area contributed by atoms with Crippen LogP contribution in [-0.4, -0.2) is 36.0 Å². The zero-order valence-corrected chi connectivity index (χ0v) is 10.7. The Morgan fingerprint density at radius 2 is 2.05 bits per heavy atom. The summed E-state index contributed by atoms with van der Waals surface area (Å²) in [6.07, 6.45) is 1.16. The molecule has 1 aliphatic heterocycles. The van der Waals surface area contributed by atoms with Gasteiger partial charge in [0.05, 0.1) is 6.54 Å². The smallest absolute Gasteiger partial charge is 0.252 e. The fourth-order valence-electron chi connectivity index (χ4n) is 2.18. The van der Waals surface area contributed by atoms with E-state index < -0.39 is 12.0 Å². The summed E-state index contributed by atoms with van der Waals surface area (Å²) in [5.41, 5.74) is 6.18. The van der Waals surface area contributed by atoms with Crippen molar-refractivity contribution in [3.05, 3.63) is 35.9 Å². The molecule has 102 valence electrons. The first kappa shape index (κ1) is 13.5. The van der Waals surface area contributed by atoms with E-state index in [1.54, 1.807) is 0 Å². The maximum atomic E-state index is 12.3. The van der Waals surface area contributed by atoms with Gasteiger partial charge in [0.15, 0.2) is 0 Å². The molecule has 5 heteroatoms. The number of ether oxygens (including phenoxy) is 1. The maximum Gasteiger partial charge on any atom is 0.252 e. The van der Waals surface area contributed by atoms with Gasteiger partial charge in [-0.25, -0.2) is 0 Å². The molecular formula is C14H18N2O3. The summed E-state index contributed by atoms with van der Waals surface area (Å²) >= 11 is 0. The quantitative estimate of drug-likeness (QED) is 0.848. The second-order valence-electron chi connectivity index (χ2n) is 4.65. The molecule has 2 amide bonds. The number of carbonyl (C=O) groups excluding carboxylic acids is 2. The van der Waals surface area contributed by atoms with Gasteiger partial charge < -0.3 is 15.4 Å². The lowest BCUT2D eigenvalue weighted by molar-refractivity contribution is -0.144. The molecule has 1 aromatic rings. The molecule has 1 aromatic carbocycles. The third-order valence-electron chi connectivity index (χ3n) is 3.08. The number of hydrogen-bond donors (Lipinski definition) is 1. The predicted molar refractivity (Wildman–Crippen MR) is 70.0 cm³/mol. The van der Waals surface area contributed by atoms with Crippen molar-refractivity contribution < 1.29 is 14.3 Å². The van der Waals surface area contributed by atoms with E-state index in [4.69, 9.17) is 10.5 Å². The van der Waals surface area contributed by atoms with Gasteiger partial charge in [-0.2, -0.15) is 0 Å². The van der Waals surface area contributed by atoms with Crippen LogP contribution in [0.15, 0.2) is 30.3 Å². The summed E-state index contributed by atoms with van der Waals surface area (Å²) in [5, 5.41) is 0. The van der Waals surface area contributed by atoms with Crippen LogP contribution in [0.1, 0.15) is 18.4 Å². The van der Waals surface area contributed by atoms with Crippen LogP contribution in [0.5, 0.6) is 0 Å². The molecule has 1 aliphatic rings. The summed E-state index contributed by atoms with van der Waals surface area (Å²) < 4.78 is 5.37. The summed E-state index contributed by atoms with van der Waals surface area (Å²) in [7, 11) is 0. The van der Waals surface area contributed by atoms with Crippen molar-refractivity contribution >= 4 is 11.8 Å². The van der Waals surface area contributed by atoms with Crippen LogP contribution < -0.4 is 5.73 Å². The van der Waals surface area contributed by atoms with Crippen LogP contribution in [0.4, 0.5) is 0 Å². The monoisotopic (exact) mass is 262 g/mol. The van der Waals surface area contributed by atoms with Gasteiger partial charge in [-0.1, -0.05) is 30.3 Å². The lowest BCUT2D eigenvalue weighted by Gasteiger charge is -2.24. The van der Waals surface area contributed by atoms with E-state index in [0.29, 0.717) is 19.6 Å². The van der Waals surface area contributed by atoms with Gasteiger partial charge in [-0.05, 0) is 18.4 Å². The van der Waals surface area contributed by atoms with Gasteiger partial charge in [-0.3, -0.25) is 9.59 Å². The number of primary amides is 1. The van der Waals surface area contributed by atoms with E-state index in [1.165, 1.54) is 4.90 Å². The lowest BCUT2D eigenvalue weighted by atomic mass is 10.1. The van der Waals surface area contributed by atoms with Crippen molar-refractivity contribution in [2.75, 3.05) is 13.2 Å². The van der Waals surface area contributed by atoms with Crippen LogP contribution in [0, 0.1) is 0 Å². The molecule has 0 unspecified atom stereocenters. The largest absolute Gasteiger partial charge is 0.368 e. The fourth-order valence-corrected chi connectivity index (χ4v) is 2.18. The average molecular weight is 262 g/mol. The molecule has 2 N–H and O–H groups in total. The molecule has 0 aromatic heterocycles. The van der Waals surface area contributed by atoms with Crippen LogP contribution in [0.3, 0.4) is 0 Å². The van der Waals surface area contributed by atoms with Crippen LogP contribution in [0.2, 0.25) is 0 Å². The first-order valence-corrected chi connectivity index (χ1v) is 6.39. The molecule has 1 atom stereocenters. The number of hydrogen-bond acceptors (Lipinski definition) is 3. The van der Waals surface area contributed by atoms with Gasteiger partial charge in [0.2, 0.25) is 5.91 Å². The predicted octanol–water partition coefficient (Wildman–Crippen LogP) is 0.679. The minimum absolute atomic E-state index is 0.0758. The van der Waals surface area contributed by atoms with Gasteiger partial charge in [0, 0.05) is 13.2 Å². The van der Waals surface area contributed by atoms with Crippen molar-refractivity contribution in [1.82, 2.24) is 4.90 Å². The number of nitrogens with zero attached hydrogens (tertiary/aromatic N) is 1. The fraction of sp³-hybridized carbons (Fsp3) is 0.429. The lowest BCUT2D eigenvalue weighted by Crippen LogP contribution is -2.43. The molecule has 0 saturated carbocycles. The van der Waals surface area contributed by atoms with Crippen molar-refractivity contribution in [1.29, 1.82) is 0 Å². The highest BCUT2D eigenvalue weighted by Crippen LogP contribution is 2.16. The summed E-state index contributed by atoms with van der Waals surface area (Å²) in [6.45, 7) is 0.905. The Kier molecular flexibility index (Phi) is 4.52. The van der Waals surface area contributed by atoms with E-state index in [0.717, 1.165) is 12.0 Å². The summed E-state index contributed by atoms with van der Waals surface area (Å²) in [5.74, 6) is -0.664. The van der Waals surface area contributed by atoms with Gasteiger partial charge in [-0.15, -0.1) is 0 Å². The van der Waals surface area contributed by atoms with Crippen molar-refractivity contribution in [3.8, 4) is 0 Å². The average Bonchev–Trinajstić information content (AvgIpc) is 2.91. The highest BCUT2D eigenvalue weighted by Gasteiger charge is 2.28. The molecule has 0 radical (unpaired) electrons. The highest BCUT2D eigenvalue weighted by molar-refractivity contribution is 5.86. The Morgan fingerprint density at radius 1 is 1.32 bits per heavy atom. The minimum atomic E-state index is -0.512. The molecule has 1 fully saturated rings. The zero-order valence-electron chi connectivity index (χ0n) is 10.7. The van der Waals surface area contributed by atoms with Crippen molar-refractivity contribution in [2.45, 2.75) is 25.5 Å². The Hall–Kier alpha value is -1.88. The molecule has 19 heavy (non-hydrogen) atoms. The molecule has 0 bridgehead atoms. The van der Waals surface area contributed by atoms with Gasteiger partial charge >= 0.3 is 0 Å². The van der Waals surface area contributed by atoms with Crippen LogP contribution >= 0.6 is 0 Å². The Morgan fingerprint density at radius 3 is 2.63 bits per heavy atom. The molecule has 1 saturated heterocycles. The van der Waals surface area contributed by atoms with E-state index >= 15 is 0 Å². The van der Waals surface area contributed by atoms with Crippen LogP contribution in [0.25, 0.3) is 0 Å². The van der Waals surface area contributed by atoms with E-state index in [2.05, 4.69) is 0 Å². The Balaban J connectivity index is 2.06. The number of amides is 2. The molecule has 0 aliphatic carbocycles. The zero-order chi connectivity index (χ0) is 13.7. The number of rotatable bonds is 5. The molecule has 2 rings (SSSR count). The number of carbonyl (C=O) groups is 2. The highest BCUT2D eigenvalue weighted by atomic mass is 16.5. The molecule has 0 spiro atoms. The Bertz CT molecular complexity index is 441. The van der Waals surface area contributed by atoms with Crippen LogP contribution in [-0.2, 0) is 20.9 Å². The SMILES string of the molecule is NC(=O)CN(Cc1ccccc1)C(=O)[C@@H]1CCCO1. The molecule has 1 heterocycles. The van der Waals surface area contributed by atoms with Gasteiger partial charge in [0.25, 0.3) is 5.91 Å². The molecule has 5 nitrogen and oxygen atoms in total. The second-order valence-corrected chi connectivity index (χ2v) is 4.65. The number of benzene rings is 1. The number of nitrogens with two attached hydrogens (primary N) is 1. The summed E-state index contributed by atoms with van der Waals surface area (Å²) in [4.78, 5) is 24.9. The topological polar surface area (TPSA) is 72.6 Å². The van der Waals surface area contributed by atoms with E-state index in [-0.39, 0.29) is 12.5 Å². The first-order valence-electron chi connectivity index (χ1n) is 6.39. The summed E-state index contributed by atoms with van der Waals surface area (Å²) in [6, 6.07) is 9.53. The van der Waals surface area contributed by atoms with Gasteiger partial charge in [0.1, 0.15) is 6.10 Å².